The van der Waals surface area contributed by atoms with E-state index in [1.165, 1.54) is 6.07 Å². The summed E-state index contributed by atoms with van der Waals surface area (Å²) in [6, 6.07) is 6.36. The topological polar surface area (TPSA) is 63.6 Å². The number of ether oxygens (including phenoxy) is 1. The zero-order valence-corrected chi connectivity index (χ0v) is 11.7. The van der Waals surface area contributed by atoms with Crippen molar-refractivity contribution in [3.05, 3.63) is 34.9 Å². The molecule has 0 aliphatic rings. The first-order valence-corrected chi connectivity index (χ1v) is 6.53. The maximum absolute atomic E-state index is 12.2. The first kappa shape index (κ1) is 15.5. The maximum Gasteiger partial charge on any atom is 0.328 e. The first-order chi connectivity index (χ1) is 8.98. The van der Waals surface area contributed by atoms with E-state index in [1.807, 2.05) is 6.92 Å². The predicted molar refractivity (Wildman–Crippen MR) is 72.3 cm³/mol. The molecule has 1 aromatic carbocycles. The number of halogens is 1. The summed E-state index contributed by atoms with van der Waals surface area (Å²) >= 11 is 5.89. The van der Waals surface area contributed by atoms with Crippen LogP contribution in [0.2, 0.25) is 5.02 Å². The number of carbonyl (C=O) groups excluding carboxylic acids is 1. The normalized spacial score (nSPS) is 13.6. The van der Waals surface area contributed by atoms with Crippen molar-refractivity contribution in [2.45, 2.75) is 32.1 Å². The van der Waals surface area contributed by atoms with Crippen LogP contribution in [0.3, 0.4) is 0 Å². The van der Waals surface area contributed by atoms with E-state index in [1.54, 1.807) is 25.1 Å². The Morgan fingerprint density at radius 1 is 1.37 bits per heavy atom. The Kier molecular flexibility index (Phi) is 5.36. The van der Waals surface area contributed by atoms with Gasteiger partial charge in [-0.3, -0.25) is 9.59 Å². The first-order valence-electron chi connectivity index (χ1n) is 6.15. The molecule has 0 aromatic heterocycles. The van der Waals surface area contributed by atoms with E-state index in [4.69, 9.17) is 16.3 Å². The third kappa shape index (κ3) is 3.07. The monoisotopic (exact) mass is 284 g/mol. The van der Waals surface area contributed by atoms with Gasteiger partial charge in [0.25, 0.3) is 0 Å². The minimum Gasteiger partial charge on any atom is -0.480 e. The molecule has 0 spiro atoms. The lowest BCUT2D eigenvalue weighted by molar-refractivity contribution is -0.162. The molecule has 0 radical (unpaired) electrons. The van der Waals surface area contributed by atoms with Gasteiger partial charge in [0, 0.05) is 5.02 Å². The molecule has 0 fully saturated rings. The van der Waals surface area contributed by atoms with Crippen LogP contribution in [0.15, 0.2) is 24.3 Å². The number of benzene rings is 1. The van der Waals surface area contributed by atoms with Gasteiger partial charge in [0.15, 0.2) is 5.41 Å². The van der Waals surface area contributed by atoms with Crippen LogP contribution in [0.25, 0.3) is 0 Å². The van der Waals surface area contributed by atoms with Gasteiger partial charge in [-0.1, -0.05) is 37.1 Å². The van der Waals surface area contributed by atoms with Crippen molar-refractivity contribution in [3.63, 3.8) is 0 Å². The molecule has 1 N–H and O–H groups in total. The highest BCUT2D eigenvalue weighted by atomic mass is 35.5. The summed E-state index contributed by atoms with van der Waals surface area (Å²) in [5, 5.41) is 9.94. The van der Waals surface area contributed by atoms with E-state index in [-0.39, 0.29) is 13.0 Å². The summed E-state index contributed by atoms with van der Waals surface area (Å²) in [7, 11) is 0. The number of esters is 1. The van der Waals surface area contributed by atoms with Crippen LogP contribution in [0.4, 0.5) is 0 Å². The lowest BCUT2D eigenvalue weighted by Gasteiger charge is -2.27. The average molecular weight is 285 g/mol. The maximum atomic E-state index is 12.2. The van der Waals surface area contributed by atoms with Gasteiger partial charge < -0.3 is 9.84 Å². The molecule has 4 nitrogen and oxygen atoms in total. The van der Waals surface area contributed by atoms with E-state index < -0.39 is 17.4 Å². The van der Waals surface area contributed by atoms with Gasteiger partial charge in [-0.2, -0.15) is 0 Å². The highest BCUT2D eigenvalue weighted by Crippen LogP contribution is 2.33. The number of carboxylic acid groups (broad SMARTS) is 1. The van der Waals surface area contributed by atoms with Gasteiger partial charge in [0.05, 0.1) is 6.61 Å². The molecule has 0 amide bonds. The highest BCUT2D eigenvalue weighted by molar-refractivity contribution is 6.30. The lowest BCUT2D eigenvalue weighted by atomic mass is 9.76. The van der Waals surface area contributed by atoms with E-state index in [9.17, 15) is 14.7 Å². The summed E-state index contributed by atoms with van der Waals surface area (Å²) in [6.07, 6.45) is 0.707. The summed E-state index contributed by atoms with van der Waals surface area (Å²) in [6.45, 7) is 3.61. The van der Waals surface area contributed by atoms with Gasteiger partial charge in [0.1, 0.15) is 0 Å². The fourth-order valence-corrected chi connectivity index (χ4v) is 2.26. The Balaban J connectivity index is 3.39. The molecular weight excluding hydrogens is 268 g/mol. The van der Waals surface area contributed by atoms with Crippen molar-refractivity contribution in [2.24, 2.45) is 0 Å². The zero-order chi connectivity index (χ0) is 14.5. The molecule has 0 aliphatic carbocycles. The Labute approximate surface area is 117 Å². The van der Waals surface area contributed by atoms with E-state index in [0.717, 1.165) is 0 Å². The van der Waals surface area contributed by atoms with Crippen molar-refractivity contribution in [3.8, 4) is 0 Å². The SMILES string of the molecule is CCCC(C(=O)O)(C(=O)OCC)c1cccc(Cl)c1. The van der Waals surface area contributed by atoms with Crippen LogP contribution >= 0.6 is 11.6 Å². The number of hydrogen-bond donors (Lipinski definition) is 1. The molecule has 19 heavy (non-hydrogen) atoms. The molecule has 1 rings (SSSR count). The molecule has 1 atom stereocenters. The van der Waals surface area contributed by atoms with Crippen molar-refractivity contribution < 1.29 is 19.4 Å². The number of carboxylic acids is 1. The third-order valence-corrected chi connectivity index (χ3v) is 3.17. The van der Waals surface area contributed by atoms with Crippen molar-refractivity contribution in [2.75, 3.05) is 6.61 Å². The summed E-state index contributed by atoms with van der Waals surface area (Å²) in [4.78, 5) is 23.9. The molecule has 104 valence electrons. The molecule has 0 saturated carbocycles. The second kappa shape index (κ2) is 6.57. The Morgan fingerprint density at radius 2 is 2.05 bits per heavy atom. The molecule has 5 heteroatoms. The Morgan fingerprint density at radius 3 is 2.53 bits per heavy atom. The molecule has 0 heterocycles. The predicted octanol–water partition coefficient (Wildman–Crippen LogP) is 3.03. The average Bonchev–Trinajstić information content (AvgIpc) is 2.35. The zero-order valence-electron chi connectivity index (χ0n) is 11.0. The fraction of sp³-hybridized carbons (Fsp3) is 0.429. The van der Waals surface area contributed by atoms with Gasteiger partial charge in [-0.25, -0.2) is 0 Å². The minimum atomic E-state index is -1.68. The van der Waals surface area contributed by atoms with Crippen LogP contribution in [-0.4, -0.2) is 23.7 Å². The van der Waals surface area contributed by atoms with Crippen LogP contribution in [0.1, 0.15) is 32.3 Å². The van der Waals surface area contributed by atoms with Gasteiger partial charge in [-0.15, -0.1) is 0 Å². The number of rotatable bonds is 6. The van der Waals surface area contributed by atoms with Crippen molar-refractivity contribution in [1.82, 2.24) is 0 Å². The van der Waals surface area contributed by atoms with Crippen molar-refractivity contribution in [1.29, 1.82) is 0 Å². The van der Waals surface area contributed by atoms with Crippen molar-refractivity contribution >= 4 is 23.5 Å². The standard InChI is InChI=1S/C14H17ClO4/c1-3-8-14(12(16)17,13(18)19-4-2)10-6-5-7-11(15)9-10/h5-7,9H,3-4,8H2,1-2H3,(H,16,17). The number of carbonyl (C=O) groups is 2. The largest absolute Gasteiger partial charge is 0.480 e. The van der Waals surface area contributed by atoms with Crippen LogP contribution in [0.5, 0.6) is 0 Å². The van der Waals surface area contributed by atoms with Gasteiger partial charge >= 0.3 is 11.9 Å². The highest BCUT2D eigenvalue weighted by Gasteiger charge is 2.48. The quantitative estimate of drug-likeness (QED) is 0.644. The van der Waals surface area contributed by atoms with E-state index >= 15 is 0 Å². The second-order valence-electron chi connectivity index (χ2n) is 4.19. The molecule has 0 aliphatic heterocycles. The summed E-state index contributed by atoms with van der Waals surface area (Å²) < 4.78 is 4.95. The number of aliphatic carboxylic acids is 1. The summed E-state index contributed by atoms with van der Waals surface area (Å²) in [5.74, 6) is -1.96. The Hall–Kier alpha value is -1.55. The molecule has 1 aromatic rings. The Bertz CT molecular complexity index is 472. The van der Waals surface area contributed by atoms with Gasteiger partial charge in [0.2, 0.25) is 0 Å². The third-order valence-electron chi connectivity index (χ3n) is 2.93. The molecule has 1 unspecified atom stereocenters. The smallest absolute Gasteiger partial charge is 0.328 e. The molecular formula is C14H17ClO4. The van der Waals surface area contributed by atoms with Crippen LogP contribution in [0, 0.1) is 0 Å². The fourth-order valence-electron chi connectivity index (χ4n) is 2.07. The van der Waals surface area contributed by atoms with Crippen LogP contribution in [-0.2, 0) is 19.7 Å². The second-order valence-corrected chi connectivity index (χ2v) is 4.63. The minimum absolute atomic E-state index is 0.137. The summed E-state index contributed by atoms with van der Waals surface area (Å²) in [5.41, 5.74) is -1.33. The van der Waals surface area contributed by atoms with Gasteiger partial charge in [-0.05, 0) is 31.0 Å². The molecule has 0 bridgehead atoms. The lowest BCUT2D eigenvalue weighted by Crippen LogP contribution is -2.45. The van der Waals surface area contributed by atoms with E-state index in [0.29, 0.717) is 17.0 Å². The van der Waals surface area contributed by atoms with E-state index in [2.05, 4.69) is 0 Å². The number of hydrogen-bond acceptors (Lipinski definition) is 3. The molecule has 0 saturated heterocycles. The van der Waals surface area contributed by atoms with Crippen LogP contribution < -0.4 is 0 Å².